The van der Waals surface area contributed by atoms with Gasteiger partial charge in [0.25, 0.3) is 0 Å². The van der Waals surface area contributed by atoms with Crippen molar-refractivity contribution < 1.29 is 5.11 Å². The zero-order valence-electron chi connectivity index (χ0n) is 6.94. The van der Waals surface area contributed by atoms with Gasteiger partial charge in [0.15, 0.2) is 5.96 Å². The van der Waals surface area contributed by atoms with E-state index in [2.05, 4.69) is 4.99 Å². The van der Waals surface area contributed by atoms with Crippen LogP contribution in [0.25, 0.3) is 0 Å². The Hall–Kier alpha value is -0.520. The van der Waals surface area contributed by atoms with E-state index in [9.17, 15) is 0 Å². The Balaban J connectivity index is 0. The molecule has 5 nitrogen and oxygen atoms in total. The van der Waals surface area contributed by atoms with Gasteiger partial charge >= 0.3 is 0 Å². The Kier molecular flexibility index (Phi) is 10.0. The average molecular weight is 197 g/mol. The summed E-state index contributed by atoms with van der Waals surface area (Å²) in [7, 11) is 0. The average Bonchev–Trinajstić information content (AvgIpc) is 1.97. The van der Waals surface area contributed by atoms with Gasteiger partial charge in [-0.3, -0.25) is 4.99 Å². The van der Waals surface area contributed by atoms with E-state index in [1.54, 1.807) is 0 Å². The number of halogens is 1. The molecule has 0 saturated heterocycles. The maximum atomic E-state index is 8.53. The number of hydrogen-bond acceptors (Lipinski definition) is 3. The van der Waals surface area contributed by atoms with Crippen LogP contribution in [0.2, 0.25) is 0 Å². The molecule has 0 amide bonds. The number of nitrogens with two attached hydrogens (primary N) is 3. The number of rotatable bonds is 5. The molecule has 0 bridgehead atoms. The standard InChI is InChI=1S/C6H16N4O.ClH/c7-5(4-11)2-1-3-10-6(8)9;/h5,11H,1-4,7H2,(H4,8,9,10);1H/t5-;/m0./s1. The van der Waals surface area contributed by atoms with Crippen LogP contribution in [0.3, 0.4) is 0 Å². The molecule has 74 valence electrons. The van der Waals surface area contributed by atoms with Gasteiger partial charge in [-0.15, -0.1) is 12.4 Å². The Bertz CT molecular complexity index is 127. The third-order valence-electron chi connectivity index (χ3n) is 1.26. The molecule has 0 saturated carbocycles. The highest BCUT2D eigenvalue weighted by Crippen LogP contribution is 1.93. The molecule has 0 radical (unpaired) electrons. The van der Waals surface area contributed by atoms with Crippen LogP contribution in [0, 0.1) is 0 Å². The minimum absolute atomic E-state index is 0. The molecule has 0 spiro atoms. The zero-order chi connectivity index (χ0) is 8.69. The lowest BCUT2D eigenvalue weighted by Gasteiger charge is -2.04. The van der Waals surface area contributed by atoms with Gasteiger partial charge in [0, 0.05) is 12.6 Å². The number of aliphatic hydroxyl groups excluding tert-OH is 1. The fraction of sp³-hybridized carbons (Fsp3) is 0.833. The Morgan fingerprint density at radius 1 is 1.42 bits per heavy atom. The fourth-order valence-electron chi connectivity index (χ4n) is 0.653. The van der Waals surface area contributed by atoms with Crippen LogP contribution in [0.4, 0.5) is 0 Å². The summed E-state index contributed by atoms with van der Waals surface area (Å²) in [6.45, 7) is 0.595. The highest BCUT2D eigenvalue weighted by Gasteiger charge is 1.97. The Morgan fingerprint density at radius 2 is 2.00 bits per heavy atom. The van der Waals surface area contributed by atoms with E-state index in [-0.39, 0.29) is 31.0 Å². The van der Waals surface area contributed by atoms with Gasteiger partial charge in [-0.2, -0.15) is 0 Å². The molecule has 0 aromatic heterocycles. The van der Waals surface area contributed by atoms with Gasteiger partial charge in [0.1, 0.15) is 0 Å². The number of aliphatic hydroxyl groups is 1. The summed E-state index contributed by atoms with van der Waals surface area (Å²) in [5.74, 6) is 0.0996. The van der Waals surface area contributed by atoms with Crippen LogP contribution in [0.1, 0.15) is 12.8 Å². The van der Waals surface area contributed by atoms with Crippen LogP contribution in [0.15, 0.2) is 4.99 Å². The van der Waals surface area contributed by atoms with Crippen molar-refractivity contribution in [3.63, 3.8) is 0 Å². The summed E-state index contributed by atoms with van der Waals surface area (Å²) in [6.07, 6.45) is 1.55. The monoisotopic (exact) mass is 196 g/mol. The molecule has 0 heterocycles. The summed E-state index contributed by atoms with van der Waals surface area (Å²) in [6, 6.07) is -0.149. The minimum Gasteiger partial charge on any atom is -0.395 e. The number of aliphatic imine (C=N–C) groups is 1. The summed E-state index contributed by atoms with van der Waals surface area (Å²) < 4.78 is 0. The van der Waals surface area contributed by atoms with Crippen LogP contribution in [-0.2, 0) is 0 Å². The van der Waals surface area contributed by atoms with Crippen LogP contribution < -0.4 is 17.2 Å². The predicted molar refractivity (Wildman–Crippen MR) is 52.2 cm³/mol. The summed E-state index contributed by atoms with van der Waals surface area (Å²) in [5, 5.41) is 8.53. The third-order valence-corrected chi connectivity index (χ3v) is 1.26. The van der Waals surface area contributed by atoms with Gasteiger partial charge in [-0.25, -0.2) is 0 Å². The van der Waals surface area contributed by atoms with Crippen molar-refractivity contribution in [1.82, 2.24) is 0 Å². The molecule has 12 heavy (non-hydrogen) atoms. The van der Waals surface area contributed by atoms with Crippen LogP contribution >= 0.6 is 12.4 Å². The molecular formula is C6H17ClN4O. The van der Waals surface area contributed by atoms with Gasteiger partial charge < -0.3 is 22.3 Å². The van der Waals surface area contributed by atoms with E-state index < -0.39 is 0 Å². The number of guanidine groups is 1. The van der Waals surface area contributed by atoms with Crippen molar-refractivity contribution >= 4 is 18.4 Å². The van der Waals surface area contributed by atoms with Crippen molar-refractivity contribution in [2.24, 2.45) is 22.2 Å². The first-order valence-electron chi connectivity index (χ1n) is 3.58. The lowest BCUT2D eigenvalue weighted by Crippen LogP contribution is -2.25. The molecule has 1 atom stereocenters. The highest BCUT2D eigenvalue weighted by molar-refractivity contribution is 5.85. The van der Waals surface area contributed by atoms with Crippen molar-refractivity contribution in [3.8, 4) is 0 Å². The van der Waals surface area contributed by atoms with E-state index in [1.165, 1.54) is 0 Å². The second-order valence-electron chi connectivity index (χ2n) is 2.39. The summed E-state index contributed by atoms with van der Waals surface area (Å²) >= 11 is 0. The largest absolute Gasteiger partial charge is 0.395 e. The van der Waals surface area contributed by atoms with Gasteiger partial charge in [0.05, 0.1) is 6.61 Å². The highest BCUT2D eigenvalue weighted by atomic mass is 35.5. The van der Waals surface area contributed by atoms with Gasteiger partial charge in [-0.05, 0) is 12.8 Å². The van der Waals surface area contributed by atoms with Crippen LogP contribution in [-0.4, -0.2) is 30.3 Å². The quantitative estimate of drug-likeness (QED) is 0.251. The molecule has 0 aliphatic heterocycles. The first-order chi connectivity index (χ1) is 5.16. The van der Waals surface area contributed by atoms with Gasteiger partial charge in [-0.1, -0.05) is 0 Å². The third kappa shape index (κ3) is 9.48. The molecule has 0 aliphatic carbocycles. The second-order valence-corrected chi connectivity index (χ2v) is 2.39. The normalized spacial score (nSPS) is 11.5. The van der Waals surface area contributed by atoms with Crippen molar-refractivity contribution in [2.45, 2.75) is 18.9 Å². The number of hydrogen-bond donors (Lipinski definition) is 4. The maximum Gasteiger partial charge on any atom is 0.185 e. The predicted octanol–water partition coefficient (Wildman–Crippen LogP) is -1.22. The summed E-state index contributed by atoms with van der Waals surface area (Å²) in [5.41, 5.74) is 15.6. The second kappa shape index (κ2) is 8.58. The molecular weight excluding hydrogens is 180 g/mol. The Labute approximate surface area is 78.4 Å². The van der Waals surface area contributed by atoms with Crippen molar-refractivity contribution in [1.29, 1.82) is 0 Å². The van der Waals surface area contributed by atoms with Gasteiger partial charge in [0.2, 0.25) is 0 Å². The van der Waals surface area contributed by atoms with E-state index >= 15 is 0 Å². The maximum absolute atomic E-state index is 8.53. The topological polar surface area (TPSA) is 111 Å². The smallest absolute Gasteiger partial charge is 0.185 e. The zero-order valence-corrected chi connectivity index (χ0v) is 7.76. The molecule has 0 aromatic rings. The molecule has 0 rings (SSSR count). The van der Waals surface area contributed by atoms with E-state index in [1.807, 2.05) is 0 Å². The van der Waals surface area contributed by atoms with Crippen LogP contribution in [0.5, 0.6) is 0 Å². The molecule has 0 fully saturated rings. The molecule has 0 aromatic carbocycles. The van der Waals surface area contributed by atoms with Crippen molar-refractivity contribution in [3.05, 3.63) is 0 Å². The minimum atomic E-state index is -0.149. The van der Waals surface area contributed by atoms with E-state index in [0.717, 1.165) is 12.8 Å². The van der Waals surface area contributed by atoms with Crippen molar-refractivity contribution in [2.75, 3.05) is 13.2 Å². The molecule has 0 aliphatic rings. The first kappa shape index (κ1) is 14.0. The summed E-state index contributed by atoms with van der Waals surface area (Å²) in [4.78, 5) is 3.77. The van der Waals surface area contributed by atoms with E-state index in [0.29, 0.717) is 6.54 Å². The molecule has 7 N–H and O–H groups in total. The first-order valence-corrected chi connectivity index (χ1v) is 3.58. The van der Waals surface area contributed by atoms with E-state index in [4.69, 9.17) is 22.3 Å². The molecule has 6 heteroatoms. The number of nitrogens with zero attached hydrogens (tertiary/aromatic N) is 1. The lowest BCUT2D eigenvalue weighted by molar-refractivity contribution is 0.259. The lowest BCUT2D eigenvalue weighted by atomic mass is 10.2. The Morgan fingerprint density at radius 3 is 2.42 bits per heavy atom. The molecule has 0 unspecified atom stereocenters. The SMILES string of the molecule is Cl.NC(N)=NCCC[C@H](N)CO. The fourth-order valence-corrected chi connectivity index (χ4v) is 0.653.